The molecule has 0 aromatic heterocycles. The van der Waals surface area contributed by atoms with Gasteiger partial charge in [-0.25, -0.2) is 4.79 Å². The summed E-state index contributed by atoms with van der Waals surface area (Å²) < 4.78 is 26.6. The van der Waals surface area contributed by atoms with Crippen molar-refractivity contribution < 1.29 is 33.6 Å². The van der Waals surface area contributed by atoms with Crippen molar-refractivity contribution in [3.63, 3.8) is 0 Å². The van der Waals surface area contributed by atoms with Crippen LogP contribution in [0.2, 0.25) is 0 Å². The van der Waals surface area contributed by atoms with Crippen LogP contribution in [0.15, 0.2) is 24.3 Å². The Kier molecular flexibility index (Phi) is 6.54. The highest BCUT2D eigenvalue weighted by molar-refractivity contribution is 5.95. The van der Waals surface area contributed by atoms with Gasteiger partial charge in [0.1, 0.15) is 0 Å². The summed E-state index contributed by atoms with van der Waals surface area (Å²) >= 11 is 0. The van der Waals surface area contributed by atoms with Crippen LogP contribution in [0.1, 0.15) is 21.5 Å². The van der Waals surface area contributed by atoms with Gasteiger partial charge in [0.2, 0.25) is 5.75 Å². The van der Waals surface area contributed by atoms with Gasteiger partial charge in [-0.2, -0.15) is 0 Å². The van der Waals surface area contributed by atoms with Crippen molar-refractivity contribution in [1.29, 1.82) is 0 Å². The minimum absolute atomic E-state index is 0.0938. The molecule has 2 rings (SSSR count). The number of hydrogen-bond acceptors (Lipinski definition) is 6. The van der Waals surface area contributed by atoms with Crippen LogP contribution >= 0.6 is 0 Å². The number of benzene rings is 2. The zero-order valence-corrected chi connectivity index (χ0v) is 15.9. The molecule has 1 N–H and O–H groups in total. The van der Waals surface area contributed by atoms with E-state index in [1.54, 1.807) is 30.4 Å². The van der Waals surface area contributed by atoms with E-state index in [2.05, 4.69) is 0 Å². The number of carbonyl (C=O) groups is 1. The number of aromatic carboxylic acids is 1. The van der Waals surface area contributed by atoms with E-state index in [4.69, 9.17) is 23.7 Å². The molecule has 0 aliphatic carbocycles. The van der Waals surface area contributed by atoms with Gasteiger partial charge >= 0.3 is 5.97 Å². The molecule has 144 valence electrons. The number of methoxy groups -OCH3 is 5. The average Bonchev–Trinajstić information content (AvgIpc) is 2.69. The molecule has 0 unspecified atom stereocenters. The number of hydrogen-bond donors (Lipinski definition) is 1. The molecule has 0 amide bonds. The van der Waals surface area contributed by atoms with Crippen molar-refractivity contribution in [3.8, 4) is 28.7 Å². The number of ether oxygens (including phenoxy) is 5. The summed E-state index contributed by atoms with van der Waals surface area (Å²) in [4.78, 5) is 11.6. The molecule has 0 aliphatic rings. The standard InChI is InChI=1S/C20H22O7/c1-23-15-9-8-14(20(21)22)13(18(15)26-4)7-6-12-10-16(24-2)19(27-5)17(11-12)25-3/h6-11H,1-5H3,(H,21,22)/b7-6+. The van der Waals surface area contributed by atoms with E-state index < -0.39 is 5.97 Å². The quantitative estimate of drug-likeness (QED) is 0.707. The fraction of sp³-hybridized carbons (Fsp3) is 0.250. The largest absolute Gasteiger partial charge is 0.493 e. The fourth-order valence-electron chi connectivity index (χ4n) is 2.68. The van der Waals surface area contributed by atoms with Gasteiger partial charge in [-0.1, -0.05) is 6.08 Å². The van der Waals surface area contributed by atoms with E-state index in [1.807, 2.05) is 0 Å². The molecule has 0 heterocycles. The van der Waals surface area contributed by atoms with Crippen LogP contribution in [0.4, 0.5) is 0 Å². The van der Waals surface area contributed by atoms with Gasteiger partial charge < -0.3 is 28.8 Å². The van der Waals surface area contributed by atoms with Gasteiger partial charge in [-0.15, -0.1) is 0 Å². The first kappa shape index (κ1) is 20.0. The van der Waals surface area contributed by atoms with Crippen LogP contribution in [-0.4, -0.2) is 46.6 Å². The first-order valence-corrected chi connectivity index (χ1v) is 7.97. The van der Waals surface area contributed by atoms with E-state index in [-0.39, 0.29) is 5.56 Å². The lowest BCUT2D eigenvalue weighted by Crippen LogP contribution is -2.03. The SMILES string of the molecule is COc1cc(/C=C/c2c(C(=O)O)ccc(OC)c2OC)cc(OC)c1OC. The third-order valence-electron chi connectivity index (χ3n) is 3.94. The van der Waals surface area contributed by atoms with Gasteiger partial charge in [0.05, 0.1) is 41.1 Å². The molecular weight excluding hydrogens is 352 g/mol. The van der Waals surface area contributed by atoms with Crippen LogP contribution < -0.4 is 23.7 Å². The summed E-state index contributed by atoms with van der Waals surface area (Å²) in [5, 5.41) is 9.49. The summed E-state index contributed by atoms with van der Waals surface area (Å²) in [5.74, 6) is 1.16. The molecule has 0 radical (unpaired) electrons. The lowest BCUT2D eigenvalue weighted by atomic mass is 10.0. The molecule has 27 heavy (non-hydrogen) atoms. The maximum absolute atomic E-state index is 11.6. The lowest BCUT2D eigenvalue weighted by molar-refractivity contribution is 0.0696. The van der Waals surface area contributed by atoms with Gasteiger partial charge in [0, 0.05) is 5.56 Å². The Morgan fingerprint density at radius 3 is 1.78 bits per heavy atom. The molecule has 0 atom stereocenters. The molecule has 2 aromatic rings. The summed E-state index contributed by atoms with van der Waals surface area (Å²) in [6.07, 6.45) is 3.37. The van der Waals surface area contributed by atoms with Crippen molar-refractivity contribution in [1.82, 2.24) is 0 Å². The van der Waals surface area contributed by atoms with Crippen molar-refractivity contribution in [2.75, 3.05) is 35.5 Å². The topological polar surface area (TPSA) is 83.5 Å². The molecular formula is C20H22O7. The zero-order chi connectivity index (χ0) is 20.0. The van der Waals surface area contributed by atoms with Crippen LogP contribution in [0.5, 0.6) is 28.7 Å². The Hall–Kier alpha value is -3.35. The van der Waals surface area contributed by atoms with Crippen LogP contribution in [-0.2, 0) is 0 Å². The van der Waals surface area contributed by atoms with Crippen molar-refractivity contribution in [3.05, 3.63) is 41.0 Å². The summed E-state index contributed by atoms with van der Waals surface area (Å²) in [5.41, 5.74) is 1.21. The van der Waals surface area contributed by atoms with E-state index in [0.29, 0.717) is 34.3 Å². The summed E-state index contributed by atoms with van der Waals surface area (Å²) in [7, 11) is 7.53. The second-order valence-corrected chi connectivity index (χ2v) is 5.36. The Morgan fingerprint density at radius 2 is 1.33 bits per heavy atom. The molecule has 0 fully saturated rings. The number of carboxylic acid groups (broad SMARTS) is 1. The van der Waals surface area contributed by atoms with E-state index >= 15 is 0 Å². The highest BCUT2D eigenvalue weighted by atomic mass is 16.5. The Morgan fingerprint density at radius 1 is 0.778 bits per heavy atom. The Labute approximate surface area is 157 Å². The predicted octanol–water partition coefficient (Wildman–Crippen LogP) is 3.60. The summed E-state index contributed by atoms with van der Waals surface area (Å²) in [6, 6.07) is 6.54. The summed E-state index contributed by atoms with van der Waals surface area (Å²) in [6.45, 7) is 0. The Balaban J connectivity index is 2.59. The second-order valence-electron chi connectivity index (χ2n) is 5.36. The van der Waals surface area contributed by atoms with E-state index in [1.165, 1.54) is 41.6 Å². The van der Waals surface area contributed by atoms with E-state index in [9.17, 15) is 9.90 Å². The maximum Gasteiger partial charge on any atom is 0.336 e. The normalized spacial score (nSPS) is 10.6. The molecule has 0 saturated carbocycles. The third kappa shape index (κ3) is 4.08. The molecule has 7 nitrogen and oxygen atoms in total. The predicted molar refractivity (Wildman–Crippen MR) is 102 cm³/mol. The highest BCUT2D eigenvalue weighted by Crippen LogP contribution is 2.39. The zero-order valence-electron chi connectivity index (χ0n) is 15.9. The first-order valence-electron chi connectivity index (χ1n) is 7.97. The fourth-order valence-corrected chi connectivity index (χ4v) is 2.68. The second kappa shape index (κ2) is 8.84. The monoisotopic (exact) mass is 374 g/mol. The van der Waals surface area contributed by atoms with Crippen LogP contribution in [0.25, 0.3) is 12.2 Å². The molecule has 0 spiro atoms. The van der Waals surface area contributed by atoms with Crippen molar-refractivity contribution in [2.45, 2.75) is 0 Å². The molecule has 7 heteroatoms. The highest BCUT2D eigenvalue weighted by Gasteiger charge is 2.18. The number of rotatable bonds is 8. The van der Waals surface area contributed by atoms with Crippen LogP contribution in [0, 0.1) is 0 Å². The average molecular weight is 374 g/mol. The van der Waals surface area contributed by atoms with Gasteiger partial charge in [-0.05, 0) is 35.9 Å². The molecule has 0 aliphatic heterocycles. The van der Waals surface area contributed by atoms with E-state index in [0.717, 1.165) is 5.56 Å². The van der Waals surface area contributed by atoms with Crippen molar-refractivity contribution in [2.24, 2.45) is 0 Å². The third-order valence-corrected chi connectivity index (χ3v) is 3.94. The lowest BCUT2D eigenvalue weighted by Gasteiger charge is -2.14. The smallest absolute Gasteiger partial charge is 0.336 e. The molecule has 0 bridgehead atoms. The first-order chi connectivity index (χ1) is 13.0. The minimum atomic E-state index is -1.07. The Bertz CT molecular complexity index is 831. The minimum Gasteiger partial charge on any atom is -0.493 e. The number of carboxylic acids is 1. The van der Waals surface area contributed by atoms with Gasteiger partial charge in [0.15, 0.2) is 23.0 Å². The van der Waals surface area contributed by atoms with Crippen molar-refractivity contribution >= 4 is 18.1 Å². The maximum atomic E-state index is 11.6. The van der Waals surface area contributed by atoms with Gasteiger partial charge in [-0.3, -0.25) is 0 Å². The van der Waals surface area contributed by atoms with Crippen LogP contribution in [0.3, 0.4) is 0 Å². The molecule has 2 aromatic carbocycles. The van der Waals surface area contributed by atoms with Gasteiger partial charge in [0.25, 0.3) is 0 Å². The molecule has 0 saturated heterocycles.